The van der Waals surface area contributed by atoms with E-state index in [1.54, 1.807) is 6.20 Å². The number of anilines is 2. The maximum absolute atomic E-state index is 6.27. The van der Waals surface area contributed by atoms with E-state index in [1.165, 1.54) is 0 Å². The van der Waals surface area contributed by atoms with Gasteiger partial charge in [-0.3, -0.25) is 4.98 Å². The highest BCUT2D eigenvalue weighted by atomic mass is 16.5. The summed E-state index contributed by atoms with van der Waals surface area (Å²) < 4.78 is 5.09. The van der Waals surface area contributed by atoms with Crippen molar-refractivity contribution in [3.05, 3.63) is 48.1 Å². The number of fused-ring (bicyclic) bond motifs is 1. The Morgan fingerprint density at radius 1 is 1.30 bits per heavy atom. The zero-order valence-corrected chi connectivity index (χ0v) is 11.5. The van der Waals surface area contributed by atoms with Gasteiger partial charge in [0.05, 0.1) is 17.9 Å². The number of pyridine rings is 1. The van der Waals surface area contributed by atoms with Gasteiger partial charge in [0.1, 0.15) is 11.5 Å². The monoisotopic (exact) mass is 268 g/mol. The number of aryl methyl sites for hydroxylation is 1. The molecule has 0 aliphatic rings. The van der Waals surface area contributed by atoms with Crippen LogP contribution in [0.2, 0.25) is 0 Å². The molecule has 3 aromatic rings. The summed E-state index contributed by atoms with van der Waals surface area (Å²) in [5, 5.41) is 6.06. The second kappa shape index (κ2) is 4.85. The van der Waals surface area contributed by atoms with Crippen LogP contribution in [0, 0.1) is 6.92 Å². The third kappa shape index (κ3) is 2.18. The highest BCUT2D eigenvalue weighted by Gasteiger charge is 2.11. The predicted molar refractivity (Wildman–Crippen MR) is 79.5 cm³/mol. The molecule has 5 heteroatoms. The maximum Gasteiger partial charge on any atom is 0.133 e. The molecular weight excluding hydrogens is 252 g/mol. The zero-order valence-electron chi connectivity index (χ0n) is 11.5. The maximum atomic E-state index is 6.27. The molecule has 0 saturated heterocycles. The first kappa shape index (κ1) is 12.5. The van der Waals surface area contributed by atoms with Gasteiger partial charge in [0.2, 0.25) is 0 Å². The third-order valence-corrected chi connectivity index (χ3v) is 3.33. The first-order chi connectivity index (χ1) is 9.65. The molecule has 5 nitrogen and oxygen atoms in total. The van der Waals surface area contributed by atoms with Crippen LogP contribution in [0.15, 0.2) is 41.2 Å². The standard InChI is InChI=1S/C15H16N4O/c1-10-7-12(18-20-10)9-19(2)14-4-3-11-8-17-6-5-13(11)15(14)16/h3-8H,9,16H2,1-2H3. The zero-order chi connectivity index (χ0) is 14.1. The van der Waals surface area contributed by atoms with Crippen molar-refractivity contribution in [2.24, 2.45) is 0 Å². The van der Waals surface area contributed by atoms with Crippen molar-refractivity contribution in [1.82, 2.24) is 10.1 Å². The van der Waals surface area contributed by atoms with Crippen molar-refractivity contribution in [3.8, 4) is 0 Å². The minimum atomic E-state index is 0.651. The van der Waals surface area contributed by atoms with Crippen LogP contribution in [0.1, 0.15) is 11.5 Å². The van der Waals surface area contributed by atoms with Crippen molar-refractivity contribution in [3.63, 3.8) is 0 Å². The normalized spacial score (nSPS) is 10.9. The number of benzene rings is 1. The molecule has 0 saturated carbocycles. The van der Waals surface area contributed by atoms with Crippen LogP contribution >= 0.6 is 0 Å². The van der Waals surface area contributed by atoms with E-state index in [4.69, 9.17) is 10.3 Å². The number of aromatic nitrogens is 2. The summed E-state index contributed by atoms with van der Waals surface area (Å²) in [4.78, 5) is 6.17. The van der Waals surface area contributed by atoms with Crippen LogP contribution < -0.4 is 10.6 Å². The van der Waals surface area contributed by atoms with Gasteiger partial charge in [-0.05, 0) is 19.1 Å². The fourth-order valence-corrected chi connectivity index (χ4v) is 2.33. The largest absolute Gasteiger partial charge is 0.397 e. The van der Waals surface area contributed by atoms with Crippen LogP contribution in [0.5, 0.6) is 0 Å². The number of nitrogens with zero attached hydrogens (tertiary/aromatic N) is 3. The van der Waals surface area contributed by atoms with Crippen LogP contribution in [-0.4, -0.2) is 17.2 Å². The first-order valence-corrected chi connectivity index (χ1v) is 6.40. The molecule has 2 N–H and O–H groups in total. The minimum Gasteiger partial charge on any atom is -0.397 e. The van der Waals surface area contributed by atoms with E-state index in [0.29, 0.717) is 6.54 Å². The SMILES string of the molecule is Cc1cc(CN(C)c2ccc3cnccc3c2N)no1. The van der Waals surface area contributed by atoms with Gasteiger partial charge in [-0.25, -0.2) is 0 Å². The fraction of sp³-hybridized carbons (Fsp3) is 0.200. The Morgan fingerprint density at radius 3 is 2.90 bits per heavy atom. The second-order valence-electron chi connectivity index (χ2n) is 4.88. The summed E-state index contributed by atoms with van der Waals surface area (Å²) in [6.07, 6.45) is 3.57. The molecule has 102 valence electrons. The average molecular weight is 268 g/mol. The molecule has 1 aromatic carbocycles. The van der Waals surface area contributed by atoms with Crippen molar-refractivity contribution in [2.45, 2.75) is 13.5 Å². The van der Waals surface area contributed by atoms with E-state index in [2.05, 4.69) is 15.0 Å². The molecule has 0 radical (unpaired) electrons. The van der Waals surface area contributed by atoms with E-state index in [9.17, 15) is 0 Å². The lowest BCUT2D eigenvalue weighted by molar-refractivity contribution is 0.390. The van der Waals surface area contributed by atoms with E-state index < -0.39 is 0 Å². The Labute approximate surface area is 117 Å². The van der Waals surface area contributed by atoms with E-state index in [0.717, 1.165) is 33.6 Å². The molecule has 20 heavy (non-hydrogen) atoms. The molecule has 0 aliphatic heterocycles. The van der Waals surface area contributed by atoms with Crippen molar-refractivity contribution >= 4 is 22.1 Å². The van der Waals surface area contributed by atoms with Crippen LogP contribution in [0.3, 0.4) is 0 Å². The Kier molecular flexibility index (Phi) is 3.02. The van der Waals surface area contributed by atoms with Crippen molar-refractivity contribution < 1.29 is 4.52 Å². The molecule has 0 amide bonds. The lowest BCUT2D eigenvalue weighted by atomic mass is 10.1. The van der Waals surface area contributed by atoms with Crippen LogP contribution in [0.4, 0.5) is 11.4 Å². The lowest BCUT2D eigenvalue weighted by Crippen LogP contribution is -2.18. The average Bonchev–Trinajstić information content (AvgIpc) is 2.84. The third-order valence-electron chi connectivity index (χ3n) is 3.33. The molecule has 2 heterocycles. The highest BCUT2D eigenvalue weighted by molar-refractivity contribution is 5.98. The fourth-order valence-electron chi connectivity index (χ4n) is 2.33. The van der Waals surface area contributed by atoms with Crippen molar-refractivity contribution in [1.29, 1.82) is 0 Å². The van der Waals surface area contributed by atoms with E-state index >= 15 is 0 Å². The highest BCUT2D eigenvalue weighted by Crippen LogP contribution is 2.30. The van der Waals surface area contributed by atoms with Crippen molar-refractivity contribution in [2.75, 3.05) is 17.7 Å². The molecule has 0 atom stereocenters. The van der Waals surface area contributed by atoms with Gasteiger partial charge >= 0.3 is 0 Å². The minimum absolute atomic E-state index is 0.651. The van der Waals surface area contributed by atoms with Gasteiger partial charge in [-0.2, -0.15) is 0 Å². The second-order valence-corrected chi connectivity index (χ2v) is 4.88. The lowest BCUT2D eigenvalue weighted by Gasteiger charge is -2.20. The van der Waals surface area contributed by atoms with Crippen LogP contribution in [0.25, 0.3) is 10.8 Å². The predicted octanol–water partition coefficient (Wildman–Crippen LogP) is 2.75. The molecule has 2 aromatic heterocycles. The Bertz CT molecular complexity index is 750. The number of hydrogen-bond acceptors (Lipinski definition) is 5. The summed E-state index contributed by atoms with van der Waals surface area (Å²) in [6.45, 7) is 2.53. The molecule has 0 fully saturated rings. The van der Waals surface area contributed by atoms with Gasteiger partial charge in [-0.15, -0.1) is 0 Å². The van der Waals surface area contributed by atoms with Crippen LogP contribution in [-0.2, 0) is 6.54 Å². The smallest absolute Gasteiger partial charge is 0.133 e. The van der Waals surface area contributed by atoms with Gasteiger partial charge in [0.25, 0.3) is 0 Å². The summed E-state index contributed by atoms with van der Waals surface area (Å²) in [5.41, 5.74) is 8.89. The van der Waals surface area contributed by atoms with Gasteiger partial charge in [0, 0.05) is 36.3 Å². The van der Waals surface area contributed by atoms with Gasteiger partial charge < -0.3 is 15.2 Å². The molecular formula is C15H16N4O. The number of hydrogen-bond donors (Lipinski definition) is 1. The summed E-state index contributed by atoms with van der Waals surface area (Å²) in [6, 6.07) is 7.89. The van der Waals surface area contributed by atoms with E-state index in [-0.39, 0.29) is 0 Å². The first-order valence-electron chi connectivity index (χ1n) is 6.40. The summed E-state index contributed by atoms with van der Waals surface area (Å²) >= 11 is 0. The summed E-state index contributed by atoms with van der Waals surface area (Å²) in [7, 11) is 1.99. The Balaban J connectivity index is 1.95. The molecule has 0 spiro atoms. The Morgan fingerprint density at radius 2 is 2.15 bits per heavy atom. The summed E-state index contributed by atoms with van der Waals surface area (Å²) in [5.74, 6) is 0.811. The molecule has 0 aliphatic carbocycles. The van der Waals surface area contributed by atoms with E-state index in [1.807, 2.05) is 44.4 Å². The Hall–Kier alpha value is -2.56. The number of rotatable bonds is 3. The molecule has 3 rings (SSSR count). The van der Waals surface area contributed by atoms with Gasteiger partial charge in [0.15, 0.2) is 0 Å². The number of nitrogen functional groups attached to an aromatic ring is 1. The quantitative estimate of drug-likeness (QED) is 0.740. The molecule has 0 unspecified atom stereocenters. The van der Waals surface area contributed by atoms with Gasteiger partial charge in [-0.1, -0.05) is 11.2 Å². The number of nitrogens with two attached hydrogens (primary N) is 1. The molecule has 0 bridgehead atoms. The topological polar surface area (TPSA) is 68.2 Å².